The molecule has 0 saturated carbocycles. The summed E-state index contributed by atoms with van der Waals surface area (Å²) < 4.78 is 17.3. The predicted octanol–water partition coefficient (Wildman–Crippen LogP) is 18.8. The van der Waals surface area contributed by atoms with E-state index in [2.05, 4.69) is 44.8 Å². The molecule has 0 heterocycles. The molecule has 1 N–H and O–H groups in total. The fourth-order valence-electron chi connectivity index (χ4n) is 10.1. The Hall–Kier alpha value is -1.67. The van der Waals surface area contributed by atoms with E-state index in [9.17, 15) is 14.4 Å². The normalized spacial score (nSPS) is 12.4. The van der Waals surface area contributed by atoms with Crippen molar-refractivity contribution in [2.24, 2.45) is 11.8 Å². The lowest BCUT2D eigenvalue weighted by Gasteiger charge is -2.22. The lowest BCUT2D eigenvalue weighted by Crippen LogP contribution is -2.34. The SMILES string of the molecule is CCCCCCCCCCCCOC(=O)CCCCCNCCN(CCCCCC(=O)OCC(CCCCCC)CCCCCCCC)CCCCCC(=O)OCC(CCCCCC)CCCCCCCC. The monoisotopic (exact) mass is 1020 g/mol. The van der Waals surface area contributed by atoms with Crippen LogP contribution < -0.4 is 5.32 Å². The van der Waals surface area contributed by atoms with Crippen LogP contribution >= 0.6 is 0 Å². The molecule has 0 bridgehead atoms. The first-order valence-electron chi connectivity index (χ1n) is 32.3. The van der Waals surface area contributed by atoms with Crippen LogP contribution in [0.15, 0.2) is 0 Å². The molecule has 0 aromatic heterocycles. The first kappa shape index (κ1) is 70.3. The maximum Gasteiger partial charge on any atom is 0.305 e. The molecule has 0 spiro atoms. The van der Waals surface area contributed by atoms with Crippen LogP contribution in [0.2, 0.25) is 0 Å². The number of carbonyl (C=O) groups is 3. The highest BCUT2D eigenvalue weighted by Crippen LogP contribution is 2.22. The van der Waals surface area contributed by atoms with E-state index in [1.165, 1.54) is 205 Å². The van der Waals surface area contributed by atoms with Crippen molar-refractivity contribution in [2.75, 3.05) is 52.5 Å². The number of hydrogen-bond donors (Lipinski definition) is 1. The second kappa shape index (κ2) is 58.6. The van der Waals surface area contributed by atoms with Gasteiger partial charge in [-0.25, -0.2) is 0 Å². The van der Waals surface area contributed by atoms with Gasteiger partial charge >= 0.3 is 17.9 Å². The molecule has 0 saturated heterocycles. The van der Waals surface area contributed by atoms with Crippen molar-refractivity contribution < 1.29 is 28.6 Å². The van der Waals surface area contributed by atoms with Crippen molar-refractivity contribution in [3.8, 4) is 0 Å². The van der Waals surface area contributed by atoms with Crippen molar-refractivity contribution >= 4 is 17.9 Å². The van der Waals surface area contributed by atoms with Gasteiger partial charge in [-0.15, -0.1) is 0 Å². The summed E-state index contributed by atoms with van der Waals surface area (Å²) in [5, 5.41) is 3.66. The van der Waals surface area contributed by atoms with E-state index in [-0.39, 0.29) is 17.9 Å². The Morgan fingerprint density at radius 2 is 0.625 bits per heavy atom. The highest BCUT2D eigenvalue weighted by Gasteiger charge is 2.15. The second-order valence-electron chi connectivity index (χ2n) is 22.3. The Morgan fingerprint density at radius 3 is 1.01 bits per heavy atom. The van der Waals surface area contributed by atoms with Crippen molar-refractivity contribution in [3.63, 3.8) is 0 Å². The van der Waals surface area contributed by atoms with E-state index in [0.717, 1.165) is 103 Å². The summed E-state index contributed by atoms with van der Waals surface area (Å²) in [6.07, 6.45) is 54.1. The molecule has 72 heavy (non-hydrogen) atoms. The standard InChI is InChI=1S/C64H126N2O6/c1-6-11-16-21-24-25-26-27-30-44-57-70-62(67)49-38-31-41-52-65-53-56-66(54-42-32-39-50-63(68)71-58-60(45-34-19-14-9-4)47-36-28-22-17-12-7-2)55-43-33-40-51-64(69)72-59-61(46-35-20-15-10-5)48-37-29-23-18-13-8-3/h60-61,65H,6-59H2,1-5H3. The van der Waals surface area contributed by atoms with Crippen molar-refractivity contribution in [2.45, 2.75) is 330 Å². The zero-order valence-corrected chi connectivity index (χ0v) is 49.2. The molecular formula is C64H126N2O6. The van der Waals surface area contributed by atoms with Crippen LogP contribution in [0.25, 0.3) is 0 Å². The third-order valence-electron chi connectivity index (χ3n) is 15.1. The molecule has 0 aliphatic rings. The molecule has 0 aromatic rings. The van der Waals surface area contributed by atoms with Gasteiger partial charge in [-0.2, -0.15) is 0 Å². The molecule has 2 unspecified atom stereocenters. The average Bonchev–Trinajstić information content (AvgIpc) is 3.38. The Balaban J connectivity index is 4.76. The number of nitrogens with zero attached hydrogens (tertiary/aromatic N) is 1. The van der Waals surface area contributed by atoms with Crippen LogP contribution in [-0.4, -0.2) is 75.4 Å². The van der Waals surface area contributed by atoms with Crippen molar-refractivity contribution in [3.05, 3.63) is 0 Å². The van der Waals surface area contributed by atoms with Gasteiger partial charge in [0.1, 0.15) is 0 Å². The molecule has 2 atom stereocenters. The van der Waals surface area contributed by atoms with E-state index >= 15 is 0 Å². The maximum absolute atomic E-state index is 12.9. The van der Waals surface area contributed by atoms with Crippen LogP contribution in [-0.2, 0) is 28.6 Å². The summed E-state index contributed by atoms with van der Waals surface area (Å²) in [7, 11) is 0. The summed E-state index contributed by atoms with van der Waals surface area (Å²) in [6, 6.07) is 0. The molecule has 0 amide bonds. The first-order chi connectivity index (χ1) is 35.4. The quantitative estimate of drug-likeness (QED) is 0.0366. The van der Waals surface area contributed by atoms with Gasteiger partial charge in [0, 0.05) is 32.4 Å². The van der Waals surface area contributed by atoms with Gasteiger partial charge in [0.2, 0.25) is 0 Å². The van der Waals surface area contributed by atoms with Gasteiger partial charge in [0.05, 0.1) is 19.8 Å². The van der Waals surface area contributed by atoms with Gasteiger partial charge in [-0.1, -0.05) is 240 Å². The van der Waals surface area contributed by atoms with Crippen LogP contribution in [0.3, 0.4) is 0 Å². The smallest absolute Gasteiger partial charge is 0.305 e. The van der Waals surface area contributed by atoms with Gasteiger partial charge in [-0.3, -0.25) is 14.4 Å². The molecule has 8 heteroatoms. The summed E-state index contributed by atoms with van der Waals surface area (Å²) in [5.74, 6) is 0.948. The number of carbonyl (C=O) groups excluding carboxylic acids is 3. The highest BCUT2D eigenvalue weighted by atomic mass is 16.5. The molecule has 0 radical (unpaired) electrons. The summed E-state index contributed by atoms with van der Waals surface area (Å²) in [4.78, 5) is 40.6. The van der Waals surface area contributed by atoms with E-state index in [0.29, 0.717) is 50.9 Å². The number of unbranched alkanes of at least 4 members (excludes halogenated alkanes) is 31. The minimum absolute atomic E-state index is 0.0161. The Morgan fingerprint density at radius 1 is 0.319 bits per heavy atom. The highest BCUT2D eigenvalue weighted by molar-refractivity contribution is 5.69. The fourth-order valence-corrected chi connectivity index (χ4v) is 10.1. The number of nitrogens with one attached hydrogen (secondary N) is 1. The zero-order valence-electron chi connectivity index (χ0n) is 49.2. The largest absolute Gasteiger partial charge is 0.466 e. The Labute approximate surface area is 449 Å². The first-order valence-corrected chi connectivity index (χ1v) is 32.3. The molecule has 0 aliphatic heterocycles. The third kappa shape index (κ3) is 53.2. The zero-order chi connectivity index (χ0) is 52.5. The molecule has 8 nitrogen and oxygen atoms in total. The predicted molar refractivity (Wildman–Crippen MR) is 310 cm³/mol. The summed E-state index contributed by atoms with van der Waals surface area (Å²) in [5.41, 5.74) is 0. The van der Waals surface area contributed by atoms with E-state index in [1.807, 2.05) is 0 Å². The number of ether oxygens (including phenoxy) is 3. The summed E-state index contributed by atoms with van der Waals surface area (Å²) >= 11 is 0. The molecule has 0 rings (SSSR count). The number of esters is 3. The molecular weight excluding hydrogens is 893 g/mol. The topological polar surface area (TPSA) is 94.2 Å². The molecule has 0 aromatic carbocycles. The van der Waals surface area contributed by atoms with Gasteiger partial charge in [0.25, 0.3) is 0 Å². The lowest BCUT2D eigenvalue weighted by molar-refractivity contribution is -0.146. The minimum atomic E-state index is -0.0375. The Bertz CT molecular complexity index is 1060. The van der Waals surface area contributed by atoms with Crippen molar-refractivity contribution in [1.29, 1.82) is 0 Å². The lowest BCUT2D eigenvalue weighted by atomic mass is 9.95. The number of rotatable bonds is 60. The second-order valence-corrected chi connectivity index (χ2v) is 22.3. The fraction of sp³-hybridized carbons (Fsp3) is 0.953. The van der Waals surface area contributed by atoms with E-state index in [4.69, 9.17) is 14.2 Å². The molecule has 428 valence electrons. The van der Waals surface area contributed by atoms with E-state index in [1.54, 1.807) is 0 Å². The molecule has 0 fully saturated rings. The van der Waals surface area contributed by atoms with Crippen LogP contribution in [0.5, 0.6) is 0 Å². The van der Waals surface area contributed by atoms with Crippen LogP contribution in [0.1, 0.15) is 330 Å². The van der Waals surface area contributed by atoms with E-state index < -0.39 is 0 Å². The third-order valence-corrected chi connectivity index (χ3v) is 15.1. The van der Waals surface area contributed by atoms with Crippen LogP contribution in [0.4, 0.5) is 0 Å². The summed E-state index contributed by atoms with van der Waals surface area (Å²) in [6.45, 7) is 18.1. The number of hydrogen-bond acceptors (Lipinski definition) is 8. The van der Waals surface area contributed by atoms with Crippen LogP contribution in [0, 0.1) is 11.8 Å². The molecule has 0 aliphatic carbocycles. The van der Waals surface area contributed by atoms with Gasteiger partial charge in [0.15, 0.2) is 0 Å². The minimum Gasteiger partial charge on any atom is -0.466 e. The van der Waals surface area contributed by atoms with Crippen molar-refractivity contribution in [1.82, 2.24) is 10.2 Å². The maximum atomic E-state index is 12.9. The van der Waals surface area contributed by atoms with Gasteiger partial charge < -0.3 is 24.4 Å². The van der Waals surface area contributed by atoms with Gasteiger partial charge in [-0.05, 0) is 102 Å². The Kier molecular flexibility index (Phi) is 57.2. The average molecular weight is 1020 g/mol.